The van der Waals surface area contributed by atoms with Gasteiger partial charge < -0.3 is 9.84 Å². The molecule has 1 saturated carbocycles. The zero-order chi connectivity index (χ0) is 17.4. The van der Waals surface area contributed by atoms with E-state index >= 15 is 0 Å². The normalized spacial score (nSPS) is 33.3. The quantitative estimate of drug-likeness (QED) is 0.673. The van der Waals surface area contributed by atoms with Crippen LogP contribution < -0.4 is 0 Å². The maximum atomic E-state index is 13.0. The number of ketones is 1. The lowest BCUT2D eigenvalue weighted by molar-refractivity contribution is -0.182. The third-order valence-corrected chi connectivity index (χ3v) is 5.45. The molecule has 1 saturated heterocycles. The lowest BCUT2D eigenvalue weighted by Gasteiger charge is -2.51. The Kier molecular flexibility index (Phi) is 4.49. The van der Waals surface area contributed by atoms with Crippen molar-refractivity contribution in [3.63, 3.8) is 0 Å². The fourth-order valence-electron chi connectivity index (χ4n) is 4.02. The molecule has 0 aromatic heterocycles. The van der Waals surface area contributed by atoms with Crippen molar-refractivity contribution in [3.8, 4) is 0 Å². The molecule has 0 radical (unpaired) electrons. The molecule has 130 valence electrons. The van der Waals surface area contributed by atoms with Crippen molar-refractivity contribution in [3.05, 3.63) is 35.9 Å². The van der Waals surface area contributed by atoms with Crippen LogP contribution in [-0.4, -0.2) is 47.1 Å². The minimum atomic E-state index is -1.13. The van der Waals surface area contributed by atoms with E-state index in [1.54, 1.807) is 13.8 Å². The van der Waals surface area contributed by atoms with Crippen LogP contribution in [-0.2, 0) is 20.9 Å². The molecule has 1 aliphatic heterocycles. The summed E-state index contributed by atoms with van der Waals surface area (Å²) < 4.78 is 5.23. The zero-order valence-corrected chi connectivity index (χ0v) is 14.3. The number of nitrogens with zero attached hydrogens (tertiary/aromatic N) is 1. The molecule has 1 aromatic carbocycles. The van der Waals surface area contributed by atoms with Gasteiger partial charge in [0.2, 0.25) is 0 Å². The number of benzene rings is 1. The van der Waals surface area contributed by atoms with Crippen LogP contribution in [0.3, 0.4) is 0 Å². The number of Topliss-reactive ketones (excluding diaryl/α,β-unsaturated/α-hetero) is 1. The van der Waals surface area contributed by atoms with Crippen molar-refractivity contribution in [1.82, 2.24) is 4.90 Å². The van der Waals surface area contributed by atoms with Crippen LogP contribution in [0.5, 0.6) is 0 Å². The third-order valence-electron chi connectivity index (χ3n) is 5.45. The van der Waals surface area contributed by atoms with Crippen molar-refractivity contribution >= 4 is 11.8 Å². The van der Waals surface area contributed by atoms with E-state index in [-0.39, 0.29) is 12.4 Å². The molecular formula is C19H25NO4. The van der Waals surface area contributed by atoms with Gasteiger partial charge in [0.25, 0.3) is 0 Å². The summed E-state index contributed by atoms with van der Waals surface area (Å²) in [5.41, 5.74) is -1.07. The zero-order valence-electron chi connectivity index (χ0n) is 14.3. The Morgan fingerprint density at radius 1 is 1.33 bits per heavy atom. The van der Waals surface area contributed by atoms with E-state index in [9.17, 15) is 14.7 Å². The van der Waals surface area contributed by atoms with Gasteiger partial charge in [0.15, 0.2) is 5.78 Å². The SMILES string of the molecule is CCOC(=O)C12CCC(C)(O)C(CN(Cc3ccccc3)C1)C2=O. The molecule has 1 aromatic rings. The van der Waals surface area contributed by atoms with Crippen LogP contribution >= 0.6 is 0 Å². The Morgan fingerprint density at radius 2 is 2.04 bits per heavy atom. The van der Waals surface area contributed by atoms with Crippen LogP contribution in [0, 0.1) is 11.3 Å². The van der Waals surface area contributed by atoms with Crippen LogP contribution in [0.1, 0.15) is 32.3 Å². The van der Waals surface area contributed by atoms with Crippen LogP contribution in [0.2, 0.25) is 0 Å². The average Bonchev–Trinajstić information content (AvgIpc) is 2.55. The second kappa shape index (κ2) is 6.30. The first-order valence-electron chi connectivity index (χ1n) is 8.59. The second-order valence-electron chi connectivity index (χ2n) is 7.23. The van der Waals surface area contributed by atoms with E-state index in [1.165, 1.54) is 0 Å². The minimum Gasteiger partial charge on any atom is -0.465 e. The Morgan fingerprint density at radius 3 is 2.71 bits per heavy atom. The number of fused-ring (bicyclic) bond motifs is 2. The molecule has 1 heterocycles. The highest BCUT2D eigenvalue weighted by Crippen LogP contribution is 2.46. The Bertz CT molecular complexity index is 628. The van der Waals surface area contributed by atoms with Gasteiger partial charge in [-0.2, -0.15) is 0 Å². The number of carbonyl (C=O) groups is 2. The van der Waals surface area contributed by atoms with Gasteiger partial charge in [-0.25, -0.2) is 0 Å². The van der Waals surface area contributed by atoms with Crippen molar-refractivity contribution in [2.45, 2.75) is 38.8 Å². The van der Waals surface area contributed by atoms with Gasteiger partial charge in [-0.1, -0.05) is 30.3 Å². The van der Waals surface area contributed by atoms with E-state index in [2.05, 4.69) is 4.90 Å². The number of esters is 1. The summed E-state index contributed by atoms with van der Waals surface area (Å²) in [6.45, 7) is 5.21. The first-order chi connectivity index (χ1) is 11.4. The van der Waals surface area contributed by atoms with Crippen LogP contribution in [0.4, 0.5) is 0 Å². The summed E-state index contributed by atoms with van der Waals surface area (Å²) in [7, 11) is 0. The number of hydrogen-bond acceptors (Lipinski definition) is 5. The largest absolute Gasteiger partial charge is 0.465 e. The molecule has 5 nitrogen and oxygen atoms in total. The maximum absolute atomic E-state index is 13.0. The molecule has 0 spiro atoms. The third kappa shape index (κ3) is 2.87. The van der Waals surface area contributed by atoms with Gasteiger partial charge >= 0.3 is 5.97 Å². The van der Waals surface area contributed by atoms with Gasteiger partial charge in [-0.15, -0.1) is 0 Å². The van der Waals surface area contributed by atoms with Crippen molar-refractivity contribution in [1.29, 1.82) is 0 Å². The van der Waals surface area contributed by atoms with E-state index < -0.39 is 22.9 Å². The molecule has 0 amide bonds. The number of likely N-dealkylation sites (tertiary alicyclic amines) is 1. The first kappa shape index (κ1) is 17.1. The Balaban J connectivity index is 1.90. The summed E-state index contributed by atoms with van der Waals surface area (Å²) in [5, 5.41) is 10.7. The smallest absolute Gasteiger partial charge is 0.320 e. The highest BCUT2D eigenvalue weighted by molar-refractivity contribution is 6.07. The Hall–Kier alpha value is -1.72. The highest BCUT2D eigenvalue weighted by Gasteiger charge is 2.61. The van der Waals surface area contributed by atoms with E-state index in [1.807, 2.05) is 30.3 Å². The predicted octanol–water partition coefficient (Wildman–Crippen LogP) is 1.78. The highest BCUT2D eigenvalue weighted by atomic mass is 16.5. The summed E-state index contributed by atoms with van der Waals surface area (Å²) in [6.07, 6.45) is 0.793. The van der Waals surface area contributed by atoms with Crippen molar-refractivity contribution in [2.75, 3.05) is 19.7 Å². The number of rotatable bonds is 4. The number of hydrogen-bond donors (Lipinski definition) is 1. The molecule has 5 heteroatoms. The fourth-order valence-corrected chi connectivity index (χ4v) is 4.02. The lowest BCUT2D eigenvalue weighted by atomic mass is 9.60. The summed E-state index contributed by atoms with van der Waals surface area (Å²) >= 11 is 0. The minimum absolute atomic E-state index is 0.151. The molecule has 1 aliphatic carbocycles. The van der Waals surface area contributed by atoms with E-state index in [0.29, 0.717) is 32.5 Å². The molecule has 3 atom stereocenters. The molecule has 3 rings (SSSR count). The van der Waals surface area contributed by atoms with Crippen LogP contribution in [0.25, 0.3) is 0 Å². The van der Waals surface area contributed by atoms with Gasteiger partial charge in [0, 0.05) is 19.6 Å². The van der Waals surface area contributed by atoms with Crippen LogP contribution in [0.15, 0.2) is 30.3 Å². The molecule has 1 N–H and O–H groups in total. The van der Waals surface area contributed by atoms with E-state index in [4.69, 9.17) is 4.74 Å². The van der Waals surface area contributed by atoms with Gasteiger partial charge in [0.05, 0.1) is 18.1 Å². The standard InChI is InChI=1S/C19H25NO4/c1-3-24-17(22)19-10-9-18(2,23)15(16(19)21)12-20(13-19)11-14-7-5-4-6-8-14/h4-8,15,23H,3,9-13H2,1-2H3. The van der Waals surface area contributed by atoms with Gasteiger partial charge in [-0.3, -0.25) is 14.5 Å². The number of aliphatic hydroxyl groups is 1. The summed E-state index contributed by atoms with van der Waals surface area (Å²) in [6, 6.07) is 9.97. The average molecular weight is 331 g/mol. The number of carbonyl (C=O) groups excluding carboxylic acids is 2. The molecule has 24 heavy (non-hydrogen) atoms. The first-order valence-corrected chi connectivity index (χ1v) is 8.59. The Labute approximate surface area is 142 Å². The predicted molar refractivity (Wildman–Crippen MR) is 89.1 cm³/mol. The molecular weight excluding hydrogens is 306 g/mol. The molecule has 2 bridgehead atoms. The summed E-state index contributed by atoms with van der Waals surface area (Å²) in [5.74, 6) is -1.14. The molecule has 2 aliphatic rings. The van der Waals surface area contributed by atoms with Crippen molar-refractivity contribution < 1.29 is 19.4 Å². The number of piperidine rings is 1. The second-order valence-corrected chi connectivity index (χ2v) is 7.23. The van der Waals surface area contributed by atoms with Gasteiger partial charge in [-0.05, 0) is 32.3 Å². The fraction of sp³-hybridized carbons (Fsp3) is 0.579. The molecule has 2 fully saturated rings. The van der Waals surface area contributed by atoms with Gasteiger partial charge in [0.1, 0.15) is 5.41 Å². The summed E-state index contributed by atoms with van der Waals surface area (Å²) in [4.78, 5) is 27.7. The van der Waals surface area contributed by atoms with Crippen molar-refractivity contribution in [2.24, 2.45) is 11.3 Å². The lowest BCUT2D eigenvalue weighted by Crippen LogP contribution is -2.66. The van der Waals surface area contributed by atoms with E-state index in [0.717, 1.165) is 5.56 Å². The monoisotopic (exact) mass is 331 g/mol. The maximum Gasteiger partial charge on any atom is 0.320 e. The number of ether oxygens (including phenoxy) is 1. The molecule has 3 unspecified atom stereocenters. The topological polar surface area (TPSA) is 66.8 Å².